The molecule has 6 heteroatoms. The number of nitro benzene ring substituents is 1. The van der Waals surface area contributed by atoms with Crippen LogP contribution >= 0.6 is 0 Å². The summed E-state index contributed by atoms with van der Waals surface area (Å²) in [6, 6.07) is 7.66. The fourth-order valence-corrected chi connectivity index (χ4v) is 1.65. The van der Waals surface area contributed by atoms with Crippen molar-refractivity contribution in [2.45, 2.75) is 0 Å². The Hall–Kier alpha value is -2.89. The molecule has 0 saturated heterocycles. The monoisotopic (exact) mass is 273 g/mol. The van der Waals surface area contributed by atoms with Gasteiger partial charge in [-0.2, -0.15) is 0 Å². The molecule has 0 amide bonds. The van der Waals surface area contributed by atoms with Gasteiger partial charge in [0.15, 0.2) is 0 Å². The summed E-state index contributed by atoms with van der Waals surface area (Å²) in [6.45, 7) is 0. The summed E-state index contributed by atoms with van der Waals surface area (Å²) in [4.78, 5) is 21.2. The Kier molecular flexibility index (Phi) is 3.95. The number of furan rings is 1. The van der Waals surface area contributed by atoms with Gasteiger partial charge >= 0.3 is 5.97 Å². The maximum atomic E-state index is 11.1. The third kappa shape index (κ3) is 2.92. The lowest BCUT2D eigenvalue weighted by Crippen LogP contribution is -1.93. The van der Waals surface area contributed by atoms with Crippen molar-refractivity contribution < 1.29 is 18.9 Å². The molecule has 20 heavy (non-hydrogen) atoms. The van der Waals surface area contributed by atoms with Gasteiger partial charge in [-0.15, -0.1) is 0 Å². The minimum atomic E-state index is -0.471. The molecule has 0 fully saturated rings. The van der Waals surface area contributed by atoms with Gasteiger partial charge in [0.05, 0.1) is 18.3 Å². The molecule has 6 nitrogen and oxygen atoms in total. The van der Waals surface area contributed by atoms with Crippen LogP contribution in [0.25, 0.3) is 17.4 Å². The van der Waals surface area contributed by atoms with Crippen molar-refractivity contribution in [3.63, 3.8) is 0 Å². The molecule has 0 unspecified atom stereocenters. The third-order valence-electron chi connectivity index (χ3n) is 2.64. The SMILES string of the molecule is COC(=O)/C=C/c1ccoc1-c1ccc([N+](=O)[O-])cc1. The number of benzene rings is 1. The Balaban J connectivity index is 2.30. The van der Waals surface area contributed by atoms with E-state index in [0.717, 1.165) is 0 Å². The van der Waals surface area contributed by atoms with Crippen molar-refractivity contribution in [2.24, 2.45) is 0 Å². The van der Waals surface area contributed by atoms with Crippen LogP contribution in [-0.4, -0.2) is 18.0 Å². The lowest BCUT2D eigenvalue weighted by atomic mass is 10.1. The molecule has 1 aromatic heterocycles. The summed E-state index contributed by atoms with van der Waals surface area (Å²) in [5.74, 6) is 0.0564. The zero-order valence-corrected chi connectivity index (χ0v) is 10.6. The van der Waals surface area contributed by atoms with Gasteiger partial charge in [-0.3, -0.25) is 10.1 Å². The highest BCUT2D eigenvalue weighted by molar-refractivity contribution is 5.88. The maximum absolute atomic E-state index is 11.1. The van der Waals surface area contributed by atoms with E-state index >= 15 is 0 Å². The summed E-state index contributed by atoms with van der Waals surface area (Å²) in [5, 5.41) is 10.6. The first kappa shape index (κ1) is 13.5. The summed E-state index contributed by atoms with van der Waals surface area (Å²) in [7, 11) is 1.29. The molecule has 0 radical (unpaired) electrons. The Morgan fingerprint density at radius 1 is 1.30 bits per heavy atom. The molecule has 2 rings (SSSR count). The highest BCUT2D eigenvalue weighted by atomic mass is 16.6. The van der Waals surface area contributed by atoms with Crippen molar-refractivity contribution in [1.82, 2.24) is 0 Å². The average Bonchev–Trinajstić information content (AvgIpc) is 2.93. The Bertz CT molecular complexity index is 654. The van der Waals surface area contributed by atoms with E-state index in [0.29, 0.717) is 16.9 Å². The molecule has 0 N–H and O–H groups in total. The minimum Gasteiger partial charge on any atom is -0.466 e. The van der Waals surface area contributed by atoms with Crippen LogP contribution in [0.1, 0.15) is 5.56 Å². The number of ether oxygens (including phenoxy) is 1. The minimum absolute atomic E-state index is 0.00644. The first-order valence-electron chi connectivity index (χ1n) is 5.70. The molecule has 0 saturated carbocycles. The number of nitro groups is 1. The van der Waals surface area contributed by atoms with Gasteiger partial charge in [0.2, 0.25) is 0 Å². The van der Waals surface area contributed by atoms with Crippen molar-refractivity contribution in [2.75, 3.05) is 7.11 Å². The van der Waals surface area contributed by atoms with Gasteiger partial charge in [-0.1, -0.05) is 0 Å². The van der Waals surface area contributed by atoms with Crippen LogP contribution in [0.2, 0.25) is 0 Å². The number of carbonyl (C=O) groups is 1. The molecule has 0 aliphatic carbocycles. The molecule has 0 aliphatic heterocycles. The number of methoxy groups -OCH3 is 1. The van der Waals surface area contributed by atoms with Crippen LogP contribution in [-0.2, 0) is 9.53 Å². The number of rotatable bonds is 4. The van der Waals surface area contributed by atoms with Crippen molar-refractivity contribution in [3.8, 4) is 11.3 Å². The quantitative estimate of drug-likeness (QED) is 0.370. The number of hydrogen-bond donors (Lipinski definition) is 0. The molecule has 102 valence electrons. The number of hydrogen-bond acceptors (Lipinski definition) is 5. The fourth-order valence-electron chi connectivity index (χ4n) is 1.65. The number of nitrogens with zero attached hydrogens (tertiary/aromatic N) is 1. The smallest absolute Gasteiger partial charge is 0.330 e. The Morgan fingerprint density at radius 3 is 2.60 bits per heavy atom. The topological polar surface area (TPSA) is 82.6 Å². The molecule has 0 atom stereocenters. The zero-order valence-electron chi connectivity index (χ0n) is 10.6. The zero-order chi connectivity index (χ0) is 14.5. The molecule has 0 spiro atoms. The molecular formula is C14H11NO5. The third-order valence-corrected chi connectivity index (χ3v) is 2.64. The van der Waals surface area contributed by atoms with Crippen LogP contribution in [0, 0.1) is 10.1 Å². The summed E-state index contributed by atoms with van der Waals surface area (Å²) < 4.78 is 9.85. The van der Waals surface area contributed by atoms with Crippen LogP contribution < -0.4 is 0 Å². The Labute approximate surface area is 114 Å². The van der Waals surface area contributed by atoms with E-state index in [2.05, 4.69) is 4.74 Å². The predicted molar refractivity (Wildman–Crippen MR) is 71.8 cm³/mol. The van der Waals surface area contributed by atoms with E-state index < -0.39 is 10.9 Å². The van der Waals surface area contributed by atoms with Gasteiger partial charge < -0.3 is 9.15 Å². The second-order valence-electron chi connectivity index (χ2n) is 3.87. The van der Waals surface area contributed by atoms with E-state index in [1.807, 2.05) is 0 Å². The second-order valence-corrected chi connectivity index (χ2v) is 3.87. The molecule has 1 heterocycles. The van der Waals surface area contributed by atoms with E-state index in [-0.39, 0.29) is 5.69 Å². The first-order valence-corrected chi connectivity index (χ1v) is 5.70. The molecular weight excluding hydrogens is 262 g/mol. The maximum Gasteiger partial charge on any atom is 0.330 e. The van der Waals surface area contributed by atoms with Gasteiger partial charge in [-0.05, 0) is 24.3 Å². The first-order chi connectivity index (χ1) is 9.61. The molecule has 1 aromatic carbocycles. The van der Waals surface area contributed by atoms with Gasteiger partial charge in [-0.25, -0.2) is 4.79 Å². The number of carbonyl (C=O) groups excluding carboxylic acids is 1. The summed E-state index contributed by atoms with van der Waals surface area (Å²) >= 11 is 0. The Morgan fingerprint density at radius 2 is 2.00 bits per heavy atom. The predicted octanol–water partition coefficient (Wildman–Crippen LogP) is 3.04. The van der Waals surface area contributed by atoms with E-state index in [1.165, 1.54) is 31.6 Å². The van der Waals surface area contributed by atoms with Crippen molar-refractivity contribution in [3.05, 3.63) is 58.3 Å². The van der Waals surface area contributed by atoms with E-state index in [9.17, 15) is 14.9 Å². The standard InChI is InChI=1S/C14H11NO5/c1-19-13(16)7-4-11-8-9-20-14(11)10-2-5-12(6-3-10)15(17)18/h2-9H,1H3/b7-4+. The van der Waals surface area contributed by atoms with Crippen LogP contribution in [0.15, 0.2) is 47.1 Å². The molecule has 2 aromatic rings. The van der Waals surface area contributed by atoms with Crippen molar-refractivity contribution >= 4 is 17.7 Å². The second kappa shape index (κ2) is 5.83. The fraction of sp³-hybridized carbons (Fsp3) is 0.0714. The summed E-state index contributed by atoms with van der Waals surface area (Å²) in [5.41, 5.74) is 1.38. The average molecular weight is 273 g/mol. The highest BCUT2D eigenvalue weighted by Gasteiger charge is 2.10. The van der Waals surface area contributed by atoms with Gasteiger partial charge in [0, 0.05) is 29.3 Å². The van der Waals surface area contributed by atoms with E-state index in [4.69, 9.17) is 4.42 Å². The number of esters is 1. The lowest BCUT2D eigenvalue weighted by Gasteiger charge is -1.99. The lowest BCUT2D eigenvalue weighted by molar-refractivity contribution is -0.384. The number of non-ortho nitro benzene ring substituents is 1. The highest BCUT2D eigenvalue weighted by Crippen LogP contribution is 2.27. The van der Waals surface area contributed by atoms with Crippen LogP contribution in [0.5, 0.6) is 0 Å². The largest absolute Gasteiger partial charge is 0.466 e. The van der Waals surface area contributed by atoms with E-state index in [1.54, 1.807) is 24.3 Å². The van der Waals surface area contributed by atoms with Crippen LogP contribution in [0.4, 0.5) is 5.69 Å². The summed E-state index contributed by atoms with van der Waals surface area (Å²) in [6.07, 6.45) is 4.32. The van der Waals surface area contributed by atoms with Gasteiger partial charge in [0.25, 0.3) is 5.69 Å². The van der Waals surface area contributed by atoms with Crippen LogP contribution in [0.3, 0.4) is 0 Å². The molecule has 0 aliphatic rings. The molecule has 0 bridgehead atoms. The van der Waals surface area contributed by atoms with Gasteiger partial charge in [0.1, 0.15) is 5.76 Å². The normalized spacial score (nSPS) is 10.7. The van der Waals surface area contributed by atoms with Crippen molar-refractivity contribution in [1.29, 1.82) is 0 Å².